The summed E-state index contributed by atoms with van der Waals surface area (Å²) in [6.07, 6.45) is 2.55. The average molecular weight is 255 g/mol. The van der Waals surface area contributed by atoms with Crippen LogP contribution in [0.5, 0.6) is 0 Å². The molecule has 17 heavy (non-hydrogen) atoms. The van der Waals surface area contributed by atoms with Crippen molar-refractivity contribution in [1.82, 2.24) is 5.32 Å². The molecule has 2 rings (SSSR count). The fraction of sp³-hybridized carbons (Fsp3) is 0.583. The third-order valence-electron chi connectivity index (χ3n) is 2.99. The molecule has 1 aliphatic rings. The molecule has 1 fully saturated rings. The van der Waals surface area contributed by atoms with E-state index < -0.39 is 5.97 Å². The summed E-state index contributed by atoms with van der Waals surface area (Å²) in [5, 5.41) is 12.2. The standard InChI is InChI=1S/C12H17NO3S/c1-8(10-3-2-6-16-10)13-7-9-4-5-11(17-9)12(14)15/h4-5,8,10,13H,2-3,6-7H2,1H3,(H,14,15). The van der Waals surface area contributed by atoms with E-state index in [1.165, 1.54) is 11.3 Å². The van der Waals surface area contributed by atoms with Gasteiger partial charge in [0.1, 0.15) is 4.88 Å². The number of aromatic carboxylic acids is 1. The predicted molar refractivity (Wildman–Crippen MR) is 66.6 cm³/mol. The highest BCUT2D eigenvalue weighted by Crippen LogP contribution is 2.18. The second-order valence-electron chi connectivity index (χ2n) is 4.29. The third-order valence-corrected chi connectivity index (χ3v) is 4.07. The smallest absolute Gasteiger partial charge is 0.345 e. The van der Waals surface area contributed by atoms with Crippen molar-refractivity contribution in [3.05, 3.63) is 21.9 Å². The molecule has 0 bridgehead atoms. The van der Waals surface area contributed by atoms with Crippen LogP contribution in [0.25, 0.3) is 0 Å². The van der Waals surface area contributed by atoms with Crippen LogP contribution in [0.3, 0.4) is 0 Å². The molecule has 4 nitrogen and oxygen atoms in total. The summed E-state index contributed by atoms with van der Waals surface area (Å²) in [4.78, 5) is 12.2. The van der Waals surface area contributed by atoms with Crippen LogP contribution < -0.4 is 5.32 Å². The lowest BCUT2D eigenvalue weighted by atomic mass is 10.1. The van der Waals surface area contributed by atoms with Crippen molar-refractivity contribution in [2.24, 2.45) is 0 Å². The van der Waals surface area contributed by atoms with E-state index in [4.69, 9.17) is 9.84 Å². The minimum atomic E-state index is -0.853. The molecule has 1 saturated heterocycles. The monoisotopic (exact) mass is 255 g/mol. The van der Waals surface area contributed by atoms with Gasteiger partial charge >= 0.3 is 5.97 Å². The largest absolute Gasteiger partial charge is 0.477 e. The molecule has 0 aromatic carbocycles. The number of hydrogen-bond acceptors (Lipinski definition) is 4. The maximum absolute atomic E-state index is 10.7. The molecule has 2 heterocycles. The summed E-state index contributed by atoms with van der Waals surface area (Å²) in [6.45, 7) is 3.68. The maximum Gasteiger partial charge on any atom is 0.345 e. The first-order valence-corrected chi connectivity index (χ1v) is 6.65. The van der Waals surface area contributed by atoms with Gasteiger partial charge in [0, 0.05) is 24.1 Å². The van der Waals surface area contributed by atoms with Crippen molar-refractivity contribution in [3.8, 4) is 0 Å². The quantitative estimate of drug-likeness (QED) is 0.846. The maximum atomic E-state index is 10.7. The lowest BCUT2D eigenvalue weighted by Crippen LogP contribution is -2.36. The normalized spacial score (nSPS) is 21.6. The van der Waals surface area contributed by atoms with Crippen molar-refractivity contribution in [2.45, 2.75) is 38.5 Å². The van der Waals surface area contributed by atoms with E-state index in [0.29, 0.717) is 23.6 Å². The molecular formula is C12H17NO3S. The third kappa shape index (κ3) is 3.28. The van der Waals surface area contributed by atoms with Gasteiger partial charge in [-0.3, -0.25) is 0 Å². The molecule has 0 amide bonds. The summed E-state index contributed by atoms with van der Waals surface area (Å²) in [5.74, 6) is -0.853. The molecular weight excluding hydrogens is 238 g/mol. The summed E-state index contributed by atoms with van der Waals surface area (Å²) < 4.78 is 5.59. The van der Waals surface area contributed by atoms with Gasteiger partial charge in [0.05, 0.1) is 6.10 Å². The van der Waals surface area contributed by atoms with E-state index in [1.807, 2.05) is 6.07 Å². The predicted octanol–water partition coefficient (Wildman–Crippen LogP) is 2.10. The Balaban J connectivity index is 1.82. The van der Waals surface area contributed by atoms with Gasteiger partial charge in [-0.25, -0.2) is 4.79 Å². The zero-order valence-corrected chi connectivity index (χ0v) is 10.6. The van der Waals surface area contributed by atoms with E-state index >= 15 is 0 Å². The van der Waals surface area contributed by atoms with Crippen LogP contribution in [-0.2, 0) is 11.3 Å². The Morgan fingerprint density at radius 1 is 1.71 bits per heavy atom. The van der Waals surface area contributed by atoms with Gasteiger partial charge in [0.15, 0.2) is 0 Å². The van der Waals surface area contributed by atoms with Gasteiger partial charge in [-0.15, -0.1) is 11.3 Å². The minimum Gasteiger partial charge on any atom is -0.477 e. The van der Waals surface area contributed by atoms with Crippen LogP contribution in [0.4, 0.5) is 0 Å². The summed E-state index contributed by atoms with van der Waals surface area (Å²) >= 11 is 1.32. The minimum absolute atomic E-state index is 0.300. The number of rotatable bonds is 5. The van der Waals surface area contributed by atoms with E-state index in [2.05, 4.69) is 12.2 Å². The van der Waals surface area contributed by atoms with E-state index in [0.717, 1.165) is 24.3 Å². The molecule has 2 N–H and O–H groups in total. The molecule has 1 aliphatic heterocycles. The Morgan fingerprint density at radius 3 is 3.12 bits per heavy atom. The van der Waals surface area contributed by atoms with Crippen LogP contribution in [0.15, 0.2) is 12.1 Å². The van der Waals surface area contributed by atoms with Crippen molar-refractivity contribution < 1.29 is 14.6 Å². The summed E-state index contributed by atoms with van der Waals surface area (Å²) in [5.41, 5.74) is 0. The fourth-order valence-corrected chi connectivity index (χ4v) is 2.78. The van der Waals surface area contributed by atoms with Crippen molar-refractivity contribution in [3.63, 3.8) is 0 Å². The number of thiophene rings is 1. The number of carbonyl (C=O) groups is 1. The van der Waals surface area contributed by atoms with E-state index in [1.54, 1.807) is 6.07 Å². The fourth-order valence-electron chi connectivity index (χ4n) is 1.98. The molecule has 0 saturated carbocycles. The number of carboxylic acids is 1. The Morgan fingerprint density at radius 2 is 2.53 bits per heavy atom. The van der Waals surface area contributed by atoms with Gasteiger partial charge in [-0.2, -0.15) is 0 Å². The van der Waals surface area contributed by atoms with Crippen molar-refractivity contribution >= 4 is 17.3 Å². The van der Waals surface area contributed by atoms with Crippen LogP contribution in [-0.4, -0.2) is 29.8 Å². The van der Waals surface area contributed by atoms with Gasteiger partial charge in [-0.1, -0.05) is 0 Å². The molecule has 1 aromatic rings. The Bertz CT molecular complexity index is 385. The second-order valence-corrected chi connectivity index (χ2v) is 5.46. The highest BCUT2D eigenvalue weighted by atomic mass is 32.1. The lowest BCUT2D eigenvalue weighted by Gasteiger charge is -2.19. The number of carboxylic acid groups (broad SMARTS) is 1. The first-order valence-electron chi connectivity index (χ1n) is 5.84. The van der Waals surface area contributed by atoms with Crippen LogP contribution in [0.1, 0.15) is 34.3 Å². The van der Waals surface area contributed by atoms with Crippen LogP contribution in [0.2, 0.25) is 0 Å². The molecule has 2 atom stereocenters. The van der Waals surface area contributed by atoms with Crippen molar-refractivity contribution in [1.29, 1.82) is 0 Å². The van der Waals surface area contributed by atoms with Gasteiger partial charge in [0.2, 0.25) is 0 Å². The lowest BCUT2D eigenvalue weighted by molar-refractivity contribution is 0.0702. The topological polar surface area (TPSA) is 58.6 Å². The second kappa shape index (κ2) is 5.62. The molecule has 1 aromatic heterocycles. The first-order chi connectivity index (χ1) is 8.16. The Labute approximate surface area is 105 Å². The molecule has 0 aliphatic carbocycles. The Kier molecular flexibility index (Phi) is 4.15. The van der Waals surface area contributed by atoms with E-state index in [9.17, 15) is 4.79 Å². The van der Waals surface area contributed by atoms with E-state index in [-0.39, 0.29) is 0 Å². The van der Waals surface area contributed by atoms with Crippen LogP contribution in [0, 0.1) is 0 Å². The zero-order valence-electron chi connectivity index (χ0n) is 9.81. The number of ether oxygens (including phenoxy) is 1. The zero-order chi connectivity index (χ0) is 12.3. The molecule has 0 spiro atoms. The molecule has 2 unspecified atom stereocenters. The molecule has 94 valence electrons. The Hall–Kier alpha value is -0.910. The average Bonchev–Trinajstić information content (AvgIpc) is 2.97. The van der Waals surface area contributed by atoms with Gasteiger partial charge in [0.25, 0.3) is 0 Å². The SMILES string of the molecule is CC(NCc1ccc(C(=O)O)s1)C1CCCO1. The number of hydrogen-bond donors (Lipinski definition) is 2. The molecule has 0 radical (unpaired) electrons. The first kappa shape index (κ1) is 12.5. The highest BCUT2D eigenvalue weighted by molar-refractivity contribution is 7.13. The van der Waals surface area contributed by atoms with Gasteiger partial charge in [-0.05, 0) is 31.9 Å². The molecule has 5 heteroatoms. The summed E-state index contributed by atoms with van der Waals surface area (Å²) in [7, 11) is 0. The van der Waals surface area contributed by atoms with Crippen LogP contribution >= 0.6 is 11.3 Å². The highest BCUT2D eigenvalue weighted by Gasteiger charge is 2.21. The van der Waals surface area contributed by atoms with Crippen molar-refractivity contribution in [2.75, 3.05) is 6.61 Å². The number of nitrogens with one attached hydrogen (secondary N) is 1. The summed E-state index contributed by atoms with van der Waals surface area (Å²) in [6, 6.07) is 3.83. The van der Waals surface area contributed by atoms with Gasteiger partial charge < -0.3 is 15.2 Å².